The zero-order valence-corrected chi connectivity index (χ0v) is 7.87. The molecule has 1 aromatic heterocycles. The standard InChI is InChI=1S/C8H11BrN2/c9-7-2-3-8(6-7)11-5-1-4-10-11/h1,4-5,7-8H,2-3,6H2. The Bertz CT molecular complexity index is 220. The van der Waals surface area contributed by atoms with Crippen LogP contribution in [-0.2, 0) is 0 Å². The fraction of sp³-hybridized carbons (Fsp3) is 0.625. The summed E-state index contributed by atoms with van der Waals surface area (Å²) in [5, 5.41) is 4.23. The van der Waals surface area contributed by atoms with Gasteiger partial charge in [-0.3, -0.25) is 4.68 Å². The molecule has 1 heterocycles. The Morgan fingerprint density at radius 1 is 1.45 bits per heavy atom. The van der Waals surface area contributed by atoms with Gasteiger partial charge in [0.2, 0.25) is 0 Å². The minimum absolute atomic E-state index is 0.634. The summed E-state index contributed by atoms with van der Waals surface area (Å²) in [5.74, 6) is 0. The maximum atomic E-state index is 4.23. The van der Waals surface area contributed by atoms with E-state index in [1.807, 2.05) is 12.3 Å². The second-order valence-corrected chi connectivity index (χ2v) is 4.35. The zero-order valence-electron chi connectivity index (χ0n) is 6.28. The van der Waals surface area contributed by atoms with Crippen LogP contribution in [0.4, 0.5) is 0 Å². The van der Waals surface area contributed by atoms with Crippen molar-refractivity contribution in [2.24, 2.45) is 0 Å². The molecule has 0 bridgehead atoms. The van der Waals surface area contributed by atoms with Crippen LogP contribution in [-0.4, -0.2) is 14.6 Å². The summed E-state index contributed by atoms with van der Waals surface area (Å²) in [4.78, 5) is 0.705. The normalized spacial score (nSPS) is 31.0. The lowest BCUT2D eigenvalue weighted by atomic mass is 10.3. The van der Waals surface area contributed by atoms with Gasteiger partial charge in [0.1, 0.15) is 0 Å². The second kappa shape index (κ2) is 2.97. The smallest absolute Gasteiger partial charge is 0.0530 e. The third-order valence-corrected chi connectivity index (χ3v) is 3.07. The molecule has 3 heteroatoms. The van der Waals surface area contributed by atoms with E-state index < -0.39 is 0 Å². The Kier molecular flexibility index (Phi) is 1.98. The Hall–Kier alpha value is -0.310. The highest BCUT2D eigenvalue weighted by atomic mass is 79.9. The van der Waals surface area contributed by atoms with Gasteiger partial charge < -0.3 is 0 Å². The highest BCUT2D eigenvalue weighted by Crippen LogP contribution is 2.33. The highest BCUT2D eigenvalue weighted by Gasteiger charge is 2.23. The van der Waals surface area contributed by atoms with Gasteiger partial charge in [0.05, 0.1) is 6.04 Å². The van der Waals surface area contributed by atoms with Crippen LogP contribution in [0.15, 0.2) is 18.5 Å². The maximum Gasteiger partial charge on any atom is 0.0530 e. The van der Waals surface area contributed by atoms with Gasteiger partial charge in [-0.2, -0.15) is 5.10 Å². The van der Waals surface area contributed by atoms with Crippen molar-refractivity contribution in [3.63, 3.8) is 0 Å². The molecule has 2 atom stereocenters. The molecule has 2 rings (SSSR count). The molecule has 11 heavy (non-hydrogen) atoms. The van der Waals surface area contributed by atoms with Crippen molar-refractivity contribution in [3.05, 3.63) is 18.5 Å². The van der Waals surface area contributed by atoms with Gasteiger partial charge >= 0.3 is 0 Å². The van der Waals surface area contributed by atoms with Crippen molar-refractivity contribution in [2.45, 2.75) is 30.1 Å². The Morgan fingerprint density at radius 3 is 2.91 bits per heavy atom. The quantitative estimate of drug-likeness (QED) is 0.657. The topological polar surface area (TPSA) is 17.8 Å². The van der Waals surface area contributed by atoms with Crippen molar-refractivity contribution in [3.8, 4) is 0 Å². The minimum Gasteiger partial charge on any atom is -0.270 e. The summed E-state index contributed by atoms with van der Waals surface area (Å²) < 4.78 is 2.07. The van der Waals surface area contributed by atoms with E-state index in [0.29, 0.717) is 10.9 Å². The Labute approximate surface area is 74.7 Å². The minimum atomic E-state index is 0.634. The van der Waals surface area contributed by atoms with Gasteiger partial charge in [0.25, 0.3) is 0 Å². The van der Waals surface area contributed by atoms with Crippen molar-refractivity contribution < 1.29 is 0 Å². The molecule has 2 unspecified atom stereocenters. The number of alkyl halides is 1. The van der Waals surface area contributed by atoms with Crippen LogP contribution >= 0.6 is 15.9 Å². The number of halogens is 1. The molecule has 1 saturated carbocycles. The molecule has 1 aliphatic carbocycles. The van der Waals surface area contributed by atoms with Crippen LogP contribution in [0, 0.1) is 0 Å². The number of rotatable bonds is 1. The van der Waals surface area contributed by atoms with E-state index in [4.69, 9.17) is 0 Å². The number of nitrogens with zero attached hydrogens (tertiary/aromatic N) is 2. The van der Waals surface area contributed by atoms with Crippen LogP contribution in [0.5, 0.6) is 0 Å². The molecule has 0 saturated heterocycles. The first-order valence-corrected chi connectivity index (χ1v) is 4.91. The zero-order chi connectivity index (χ0) is 7.68. The van der Waals surface area contributed by atoms with Crippen molar-refractivity contribution in [1.29, 1.82) is 0 Å². The van der Waals surface area contributed by atoms with E-state index in [2.05, 4.69) is 31.9 Å². The first-order valence-electron chi connectivity index (χ1n) is 3.99. The van der Waals surface area contributed by atoms with Gasteiger partial charge in [0.15, 0.2) is 0 Å². The molecule has 0 aromatic carbocycles. The van der Waals surface area contributed by atoms with Crippen LogP contribution in [0.25, 0.3) is 0 Å². The average Bonchev–Trinajstić information content (AvgIpc) is 2.55. The van der Waals surface area contributed by atoms with Crippen molar-refractivity contribution >= 4 is 15.9 Å². The summed E-state index contributed by atoms with van der Waals surface area (Å²) >= 11 is 3.62. The SMILES string of the molecule is BrC1CCC(n2cccn2)C1. The lowest BCUT2D eigenvalue weighted by molar-refractivity contribution is 0.468. The van der Waals surface area contributed by atoms with E-state index in [9.17, 15) is 0 Å². The van der Waals surface area contributed by atoms with Crippen LogP contribution in [0.1, 0.15) is 25.3 Å². The molecular weight excluding hydrogens is 204 g/mol. The summed E-state index contributed by atoms with van der Waals surface area (Å²) in [6, 6.07) is 2.62. The van der Waals surface area contributed by atoms with Crippen molar-refractivity contribution in [2.75, 3.05) is 0 Å². The summed E-state index contributed by atoms with van der Waals surface area (Å²) in [5.41, 5.74) is 0. The fourth-order valence-electron chi connectivity index (χ4n) is 1.64. The maximum absolute atomic E-state index is 4.23. The van der Waals surface area contributed by atoms with Crippen LogP contribution < -0.4 is 0 Å². The summed E-state index contributed by atoms with van der Waals surface area (Å²) in [6.45, 7) is 0. The molecule has 0 amide bonds. The van der Waals surface area contributed by atoms with Gasteiger partial charge in [-0.15, -0.1) is 0 Å². The third kappa shape index (κ3) is 1.48. The first-order chi connectivity index (χ1) is 5.36. The van der Waals surface area contributed by atoms with E-state index in [1.54, 1.807) is 0 Å². The largest absolute Gasteiger partial charge is 0.270 e. The Morgan fingerprint density at radius 2 is 2.36 bits per heavy atom. The predicted molar refractivity (Wildman–Crippen MR) is 47.8 cm³/mol. The lowest BCUT2D eigenvalue weighted by Gasteiger charge is -2.08. The molecule has 2 nitrogen and oxygen atoms in total. The van der Waals surface area contributed by atoms with Gasteiger partial charge in [-0.05, 0) is 25.3 Å². The van der Waals surface area contributed by atoms with Gasteiger partial charge in [-0.25, -0.2) is 0 Å². The molecule has 0 radical (unpaired) electrons. The van der Waals surface area contributed by atoms with Gasteiger partial charge in [0, 0.05) is 17.2 Å². The average molecular weight is 215 g/mol. The predicted octanol–water partition coefficient (Wildman–Crippen LogP) is 2.37. The molecular formula is C8H11BrN2. The van der Waals surface area contributed by atoms with E-state index >= 15 is 0 Å². The number of aromatic nitrogens is 2. The lowest BCUT2D eigenvalue weighted by Crippen LogP contribution is -2.05. The first kappa shape index (κ1) is 7.35. The molecule has 60 valence electrons. The second-order valence-electron chi connectivity index (χ2n) is 3.05. The van der Waals surface area contributed by atoms with E-state index in [-0.39, 0.29) is 0 Å². The van der Waals surface area contributed by atoms with Crippen LogP contribution in [0.2, 0.25) is 0 Å². The number of hydrogen-bond donors (Lipinski definition) is 0. The van der Waals surface area contributed by atoms with Crippen molar-refractivity contribution in [1.82, 2.24) is 9.78 Å². The molecule has 0 spiro atoms. The number of hydrogen-bond acceptors (Lipinski definition) is 1. The molecule has 0 N–H and O–H groups in total. The highest BCUT2D eigenvalue weighted by molar-refractivity contribution is 9.09. The fourth-order valence-corrected chi connectivity index (χ4v) is 2.34. The molecule has 0 aliphatic heterocycles. The summed E-state index contributed by atoms with van der Waals surface area (Å²) in [6.07, 6.45) is 7.67. The Balaban J connectivity index is 2.08. The molecule has 1 aromatic rings. The molecule has 1 fully saturated rings. The van der Waals surface area contributed by atoms with E-state index in [1.165, 1.54) is 19.3 Å². The van der Waals surface area contributed by atoms with Gasteiger partial charge in [-0.1, -0.05) is 15.9 Å². The van der Waals surface area contributed by atoms with Crippen LogP contribution in [0.3, 0.4) is 0 Å². The third-order valence-electron chi connectivity index (χ3n) is 2.24. The molecule has 1 aliphatic rings. The summed E-state index contributed by atoms with van der Waals surface area (Å²) in [7, 11) is 0. The monoisotopic (exact) mass is 214 g/mol. The van der Waals surface area contributed by atoms with E-state index in [0.717, 1.165) is 0 Å².